The summed E-state index contributed by atoms with van der Waals surface area (Å²) in [6, 6.07) is 0. The van der Waals surface area contributed by atoms with Gasteiger partial charge in [0.15, 0.2) is 6.10 Å². The molecule has 9 heteroatoms. The number of rotatable bonds is 34. The van der Waals surface area contributed by atoms with Crippen LogP contribution in [-0.4, -0.2) is 41.0 Å². The fraction of sp³-hybridized carbons (Fsp3) is 0.838. The Morgan fingerprint density at radius 1 is 0.565 bits per heavy atom. The Bertz CT molecular complexity index is 807. The Labute approximate surface area is 281 Å². The zero-order chi connectivity index (χ0) is 34.0. The molecule has 0 aliphatic carbocycles. The summed E-state index contributed by atoms with van der Waals surface area (Å²) < 4.78 is 26.2. The van der Waals surface area contributed by atoms with Gasteiger partial charge in [-0.05, 0) is 44.9 Å². The van der Waals surface area contributed by atoms with Gasteiger partial charge in [-0.2, -0.15) is 0 Å². The minimum absolute atomic E-state index is 0.172. The van der Waals surface area contributed by atoms with E-state index in [1.165, 1.54) is 103 Å². The lowest BCUT2D eigenvalue weighted by atomic mass is 10.0. The first-order chi connectivity index (χ1) is 22.3. The van der Waals surface area contributed by atoms with E-state index in [0.717, 1.165) is 44.9 Å². The molecular formula is C37H69O8P. The van der Waals surface area contributed by atoms with Gasteiger partial charge in [0.05, 0.1) is 6.61 Å². The van der Waals surface area contributed by atoms with Gasteiger partial charge in [0.2, 0.25) is 0 Å². The van der Waals surface area contributed by atoms with Crippen molar-refractivity contribution in [3.63, 3.8) is 0 Å². The van der Waals surface area contributed by atoms with Crippen molar-refractivity contribution in [3.05, 3.63) is 24.3 Å². The summed E-state index contributed by atoms with van der Waals surface area (Å²) in [6.45, 7) is 3.64. The average molecular weight is 673 g/mol. The van der Waals surface area contributed by atoms with Gasteiger partial charge in [-0.1, -0.05) is 147 Å². The van der Waals surface area contributed by atoms with E-state index in [2.05, 4.69) is 42.7 Å². The van der Waals surface area contributed by atoms with Crippen LogP contribution in [0, 0.1) is 0 Å². The number of hydrogen-bond donors (Lipinski definition) is 2. The Morgan fingerprint density at radius 2 is 0.978 bits per heavy atom. The maximum atomic E-state index is 12.3. The smallest absolute Gasteiger partial charge is 0.462 e. The first-order valence-electron chi connectivity index (χ1n) is 18.6. The summed E-state index contributed by atoms with van der Waals surface area (Å²) in [6.07, 6.45) is 36.1. The van der Waals surface area contributed by atoms with Gasteiger partial charge in [-0.15, -0.1) is 0 Å². The molecule has 0 rings (SSSR count). The summed E-state index contributed by atoms with van der Waals surface area (Å²) >= 11 is 0. The zero-order valence-electron chi connectivity index (χ0n) is 29.5. The van der Waals surface area contributed by atoms with E-state index in [0.29, 0.717) is 6.42 Å². The average Bonchev–Trinajstić information content (AvgIpc) is 3.02. The van der Waals surface area contributed by atoms with E-state index in [-0.39, 0.29) is 19.4 Å². The highest BCUT2D eigenvalue weighted by atomic mass is 31.2. The molecule has 0 aromatic carbocycles. The van der Waals surface area contributed by atoms with Crippen molar-refractivity contribution in [2.75, 3.05) is 13.2 Å². The Hall–Kier alpha value is -1.47. The van der Waals surface area contributed by atoms with Crippen molar-refractivity contribution in [3.8, 4) is 0 Å². The summed E-state index contributed by atoms with van der Waals surface area (Å²) in [5.74, 6) is -0.919. The Kier molecular flexibility index (Phi) is 32.4. The first-order valence-corrected chi connectivity index (χ1v) is 20.2. The molecule has 0 amide bonds. The molecule has 0 radical (unpaired) electrons. The molecule has 46 heavy (non-hydrogen) atoms. The molecule has 0 fully saturated rings. The number of ether oxygens (including phenoxy) is 2. The van der Waals surface area contributed by atoms with Gasteiger partial charge in [0, 0.05) is 12.8 Å². The minimum atomic E-state index is -4.75. The van der Waals surface area contributed by atoms with Crippen molar-refractivity contribution >= 4 is 19.8 Å². The molecule has 0 saturated carbocycles. The van der Waals surface area contributed by atoms with Crippen LogP contribution < -0.4 is 0 Å². The third kappa shape index (κ3) is 35.4. The van der Waals surface area contributed by atoms with E-state index in [1.807, 2.05) is 0 Å². The largest absolute Gasteiger partial charge is 0.469 e. The molecular weight excluding hydrogens is 603 g/mol. The second-order valence-corrected chi connectivity index (χ2v) is 13.8. The maximum absolute atomic E-state index is 12.3. The van der Waals surface area contributed by atoms with Crippen molar-refractivity contribution in [2.24, 2.45) is 0 Å². The topological polar surface area (TPSA) is 119 Å². The van der Waals surface area contributed by atoms with Gasteiger partial charge in [-0.3, -0.25) is 14.1 Å². The predicted molar refractivity (Wildman–Crippen MR) is 189 cm³/mol. The number of carbonyl (C=O) groups is 2. The normalized spacial score (nSPS) is 12.7. The molecule has 0 heterocycles. The van der Waals surface area contributed by atoms with Crippen molar-refractivity contribution in [2.45, 2.75) is 187 Å². The van der Waals surface area contributed by atoms with Crippen LogP contribution in [0.1, 0.15) is 181 Å². The first kappa shape index (κ1) is 44.5. The SMILES string of the molecule is CCCCCCCC/C=C/C/C=C/CCCCC(=O)O[C@H](COC(=O)CCCCCCCCCCCCCCC)COP(=O)(O)O. The van der Waals surface area contributed by atoms with Crippen LogP contribution in [0.3, 0.4) is 0 Å². The van der Waals surface area contributed by atoms with Crippen molar-refractivity contribution < 1.29 is 37.9 Å². The highest BCUT2D eigenvalue weighted by Crippen LogP contribution is 2.36. The van der Waals surface area contributed by atoms with Crippen LogP contribution in [-0.2, 0) is 28.2 Å². The van der Waals surface area contributed by atoms with Crippen LogP contribution in [0.2, 0.25) is 0 Å². The third-order valence-electron chi connectivity index (χ3n) is 7.97. The predicted octanol–water partition coefficient (Wildman–Crippen LogP) is 10.8. The fourth-order valence-corrected chi connectivity index (χ4v) is 5.53. The summed E-state index contributed by atoms with van der Waals surface area (Å²) in [5.41, 5.74) is 0. The molecule has 0 bridgehead atoms. The molecule has 0 unspecified atom stereocenters. The highest BCUT2D eigenvalue weighted by Gasteiger charge is 2.22. The standard InChI is InChI=1S/C37H69O8P/c1-3-5-7-9-11-13-15-17-18-20-22-24-26-28-30-32-37(39)45-35(34-44-46(40,41)42)33-43-36(38)31-29-27-25-23-21-19-16-14-12-10-8-6-4-2/h17-18,22,24,35H,3-16,19-21,23,25-34H2,1-2H3,(H2,40,41,42)/b18-17+,24-22+/t35-/m1/s1. The summed E-state index contributed by atoms with van der Waals surface area (Å²) in [5, 5.41) is 0. The third-order valence-corrected chi connectivity index (χ3v) is 8.46. The van der Waals surface area contributed by atoms with Gasteiger partial charge < -0.3 is 19.3 Å². The molecule has 0 spiro atoms. The second-order valence-electron chi connectivity index (χ2n) is 12.6. The number of unbranched alkanes of at least 4 members (excludes halogenated alkanes) is 20. The highest BCUT2D eigenvalue weighted by molar-refractivity contribution is 7.46. The zero-order valence-corrected chi connectivity index (χ0v) is 30.4. The number of phosphoric ester groups is 1. The number of esters is 2. The van der Waals surface area contributed by atoms with Crippen molar-refractivity contribution in [1.82, 2.24) is 0 Å². The molecule has 1 atom stereocenters. The van der Waals surface area contributed by atoms with E-state index in [4.69, 9.17) is 19.3 Å². The van der Waals surface area contributed by atoms with E-state index >= 15 is 0 Å². The van der Waals surface area contributed by atoms with Crippen LogP contribution >= 0.6 is 7.82 Å². The van der Waals surface area contributed by atoms with Crippen LogP contribution in [0.25, 0.3) is 0 Å². The minimum Gasteiger partial charge on any atom is -0.462 e. The number of allylic oxidation sites excluding steroid dienone is 4. The summed E-state index contributed by atoms with van der Waals surface area (Å²) in [7, 11) is -4.75. The van der Waals surface area contributed by atoms with E-state index in [9.17, 15) is 14.2 Å². The maximum Gasteiger partial charge on any atom is 0.469 e. The Morgan fingerprint density at radius 3 is 1.48 bits per heavy atom. The number of phosphoric acid groups is 1. The molecule has 8 nitrogen and oxygen atoms in total. The van der Waals surface area contributed by atoms with Crippen LogP contribution in [0.4, 0.5) is 0 Å². The lowest BCUT2D eigenvalue weighted by molar-refractivity contribution is -0.161. The van der Waals surface area contributed by atoms with Gasteiger partial charge in [0.25, 0.3) is 0 Å². The molecule has 0 aromatic rings. The van der Waals surface area contributed by atoms with Gasteiger partial charge >= 0.3 is 19.8 Å². The summed E-state index contributed by atoms with van der Waals surface area (Å²) in [4.78, 5) is 42.6. The molecule has 0 saturated heterocycles. The Balaban J connectivity index is 4.02. The van der Waals surface area contributed by atoms with E-state index in [1.54, 1.807) is 0 Å². The van der Waals surface area contributed by atoms with Crippen LogP contribution in [0.15, 0.2) is 24.3 Å². The monoisotopic (exact) mass is 672 g/mol. The second kappa shape index (κ2) is 33.4. The number of hydrogen-bond acceptors (Lipinski definition) is 6. The quantitative estimate of drug-likeness (QED) is 0.0300. The van der Waals surface area contributed by atoms with E-state index < -0.39 is 32.5 Å². The molecule has 270 valence electrons. The van der Waals surface area contributed by atoms with Crippen molar-refractivity contribution in [1.29, 1.82) is 0 Å². The lowest BCUT2D eigenvalue weighted by Crippen LogP contribution is -2.29. The number of carbonyl (C=O) groups excluding carboxylic acids is 2. The van der Waals surface area contributed by atoms with Gasteiger partial charge in [-0.25, -0.2) is 4.57 Å². The molecule has 0 aromatic heterocycles. The van der Waals surface area contributed by atoms with Gasteiger partial charge in [0.1, 0.15) is 6.61 Å². The molecule has 2 N–H and O–H groups in total. The lowest BCUT2D eigenvalue weighted by Gasteiger charge is -2.18. The molecule has 0 aliphatic heterocycles. The fourth-order valence-electron chi connectivity index (χ4n) is 5.17. The molecule has 0 aliphatic rings. The van der Waals surface area contributed by atoms with Crippen LogP contribution in [0.5, 0.6) is 0 Å².